The van der Waals surface area contributed by atoms with Crippen LogP contribution in [0.2, 0.25) is 0 Å². The zero-order valence-corrected chi connectivity index (χ0v) is 13.1. The molecule has 122 valence electrons. The van der Waals surface area contributed by atoms with Gasteiger partial charge in [-0.3, -0.25) is 0 Å². The van der Waals surface area contributed by atoms with E-state index in [-0.39, 0.29) is 12.6 Å². The maximum Gasteiger partial charge on any atom is 0.411 e. The van der Waals surface area contributed by atoms with Crippen molar-refractivity contribution in [3.05, 3.63) is 0 Å². The summed E-state index contributed by atoms with van der Waals surface area (Å²) in [5, 5.41) is 3.36. The van der Waals surface area contributed by atoms with Crippen LogP contribution in [0.4, 0.5) is 13.2 Å². The quantitative estimate of drug-likeness (QED) is 0.534. The molecule has 0 spiro atoms. The van der Waals surface area contributed by atoms with Crippen LogP contribution in [0.5, 0.6) is 0 Å². The predicted octanol–water partition coefficient (Wildman–Crippen LogP) is 4.54. The van der Waals surface area contributed by atoms with Gasteiger partial charge in [0.05, 0.1) is 0 Å². The van der Waals surface area contributed by atoms with Gasteiger partial charge in [-0.15, -0.1) is 0 Å². The van der Waals surface area contributed by atoms with Gasteiger partial charge in [0.1, 0.15) is 6.61 Å². The van der Waals surface area contributed by atoms with Gasteiger partial charge in [-0.05, 0) is 25.3 Å². The molecule has 0 aromatic rings. The van der Waals surface area contributed by atoms with E-state index >= 15 is 0 Å². The first kappa shape index (κ1) is 19.7. The minimum Gasteiger partial charge on any atom is -0.372 e. The number of rotatable bonds is 12. The molecule has 0 aliphatic rings. The summed E-state index contributed by atoms with van der Waals surface area (Å²) in [6, 6.07) is 0.259. The summed E-state index contributed by atoms with van der Waals surface area (Å²) in [6.45, 7) is 6.26. The minimum atomic E-state index is -4.22. The van der Waals surface area contributed by atoms with Crippen LogP contribution < -0.4 is 5.32 Å². The Morgan fingerprint density at radius 3 is 2.30 bits per heavy atom. The number of hydrogen-bond acceptors (Lipinski definition) is 2. The van der Waals surface area contributed by atoms with Crippen molar-refractivity contribution in [1.29, 1.82) is 0 Å². The van der Waals surface area contributed by atoms with Crippen molar-refractivity contribution in [3.63, 3.8) is 0 Å². The van der Waals surface area contributed by atoms with Crippen LogP contribution in [0, 0.1) is 5.92 Å². The van der Waals surface area contributed by atoms with Gasteiger partial charge in [-0.25, -0.2) is 0 Å². The van der Waals surface area contributed by atoms with Gasteiger partial charge in [-0.2, -0.15) is 13.2 Å². The molecule has 2 atom stereocenters. The second kappa shape index (κ2) is 11.4. The molecule has 0 aromatic heterocycles. The Hall–Kier alpha value is -0.290. The second-order valence-corrected chi connectivity index (χ2v) is 5.36. The molecule has 0 aromatic carbocycles. The van der Waals surface area contributed by atoms with Crippen LogP contribution in [-0.2, 0) is 4.74 Å². The number of alkyl halides is 3. The fourth-order valence-corrected chi connectivity index (χ4v) is 2.39. The zero-order valence-electron chi connectivity index (χ0n) is 13.1. The van der Waals surface area contributed by atoms with Crippen LogP contribution in [-0.4, -0.2) is 32.0 Å². The third-order valence-corrected chi connectivity index (χ3v) is 3.53. The largest absolute Gasteiger partial charge is 0.411 e. The van der Waals surface area contributed by atoms with Crippen molar-refractivity contribution in [2.24, 2.45) is 5.92 Å². The van der Waals surface area contributed by atoms with Crippen LogP contribution in [0.1, 0.15) is 59.3 Å². The SMILES string of the molecule is CCCCC(CC)CC(CCOCC(F)(F)F)NCC. The lowest BCUT2D eigenvalue weighted by molar-refractivity contribution is -0.174. The average Bonchev–Trinajstić information content (AvgIpc) is 2.38. The molecule has 0 aliphatic carbocycles. The summed E-state index contributed by atoms with van der Waals surface area (Å²) in [4.78, 5) is 0. The van der Waals surface area contributed by atoms with Crippen LogP contribution in [0.25, 0.3) is 0 Å². The van der Waals surface area contributed by atoms with E-state index in [4.69, 9.17) is 4.74 Å². The standard InChI is InChI=1S/C15H30F3NO/c1-4-7-8-13(5-2)11-14(19-6-3)9-10-20-12-15(16,17)18/h13-14,19H,4-12H2,1-3H3. The molecule has 2 nitrogen and oxygen atoms in total. The molecular formula is C15H30F3NO. The fraction of sp³-hybridized carbons (Fsp3) is 1.00. The zero-order chi connectivity index (χ0) is 15.4. The van der Waals surface area contributed by atoms with Crippen molar-refractivity contribution < 1.29 is 17.9 Å². The Morgan fingerprint density at radius 2 is 1.80 bits per heavy atom. The predicted molar refractivity (Wildman–Crippen MR) is 76.9 cm³/mol. The van der Waals surface area contributed by atoms with Gasteiger partial charge >= 0.3 is 6.18 Å². The fourth-order valence-electron chi connectivity index (χ4n) is 2.39. The van der Waals surface area contributed by atoms with Gasteiger partial charge in [-0.1, -0.05) is 46.5 Å². The molecular weight excluding hydrogens is 267 g/mol. The van der Waals surface area contributed by atoms with Crippen molar-refractivity contribution in [3.8, 4) is 0 Å². The van der Waals surface area contributed by atoms with Crippen LogP contribution >= 0.6 is 0 Å². The highest BCUT2D eigenvalue weighted by molar-refractivity contribution is 4.71. The van der Waals surface area contributed by atoms with E-state index in [1.54, 1.807) is 0 Å². The lowest BCUT2D eigenvalue weighted by Crippen LogP contribution is -2.32. The molecule has 0 aliphatic heterocycles. The topological polar surface area (TPSA) is 21.3 Å². The Kier molecular flexibility index (Phi) is 11.2. The van der Waals surface area contributed by atoms with Gasteiger partial charge < -0.3 is 10.1 Å². The first-order valence-corrected chi connectivity index (χ1v) is 7.80. The highest BCUT2D eigenvalue weighted by Gasteiger charge is 2.27. The maximum absolute atomic E-state index is 12.0. The smallest absolute Gasteiger partial charge is 0.372 e. The van der Waals surface area contributed by atoms with E-state index in [1.165, 1.54) is 19.3 Å². The van der Waals surface area contributed by atoms with E-state index in [0.717, 1.165) is 19.4 Å². The first-order chi connectivity index (χ1) is 9.42. The molecule has 0 saturated carbocycles. The highest BCUT2D eigenvalue weighted by atomic mass is 19.4. The maximum atomic E-state index is 12.0. The van der Waals surface area contributed by atoms with E-state index in [9.17, 15) is 13.2 Å². The summed E-state index contributed by atoms with van der Waals surface area (Å²) in [6.07, 6.45) is 2.20. The number of hydrogen-bond donors (Lipinski definition) is 1. The molecule has 0 saturated heterocycles. The average molecular weight is 297 g/mol. The number of ether oxygens (including phenoxy) is 1. The van der Waals surface area contributed by atoms with E-state index in [2.05, 4.69) is 19.2 Å². The van der Waals surface area contributed by atoms with Gasteiger partial charge in [0.25, 0.3) is 0 Å². The van der Waals surface area contributed by atoms with Gasteiger partial charge in [0.2, 0.25) is 0 Å². The normalized spacial score (nSPS) is 15.3. The van der Waals surface area contributed by atoms with E-state index in [0.29, 0.717) is 12.3 Å². The monoisotopic (exact) mass is 297 g/mol. The van der Waals surface area contributed by atoms with Crippen molar-refractivity contribution in [2.75, 3.05) is 19.8 Å². The number of halogens is 3. The summed E-state index contributed by atoms with van der Waals surface area (Å²) >= 11 is 0. The molecule has 0 rings (SSSR count). The second-order valence-electron chi connectivity index (χ2n) is 5.36. The Labute approximate surface area is 121 Å². The third-order valence-electron chi connectivity index (χ3n) is 3.53. The Bertz CT molecular complexity index is 222. The van der Waals surface area contributed by atoms with Crippen molar-refractivity contribution in [2.45, 2.75) is 71.5 Å². The minimum absolute atomic E-state index is 0.168. The molecule has 0 amide bonds. The molecule has 0 heterocycles. The van der Waals surface area contributed by atoms with Crippen LogP contribution in [0.3, 0.4) is 0 Å². The summed E-state index contributed by atoms with van der Waals surface area (Å²) < 4.78 is 40.7. The van der Waals surface area contributed by atoms with Crippen molar-refractivity contribution in [1.82, 2.24) is 5.32 Å². The van der Waals surface area contributed by atoms with Gasteiger partial charge in [0, 0.05) is 12.6 Å². The Balaban J connectivity index is 4.00. The first-order valence-electron chi connectivity index (χ1n) is 7.80. The number of unbranched alkanes of at least 4 members (excludes halogenated alkanes) is 1. The molecule has 0 bridgehead atoms. The summed E-state index contributed by atoms with van der Waals surface area (Å²) in [7, 11) is 0. The molecule has 0 radical (unpaired) electrons. The lowest BCUT2D eigenvalue weighted by Gasteiger charge is -2.23. The molecule has 5 heteroatoms. The van der Waals surface area contributed by atoms with E-state index in [1.807, 2.05) is 6.92 Å². The molecule has 1 N–H and O–H groups in total. The molecule has 20 heavy (non-hydrogen) atoms. The highest BCUT2D eigenvalue weighted by Crippen LogP contribution is 2.20. The van der Waals surface area contributed by atoms with Crippen LogP contribution in [0.15, 0.2) is 0 Å². The lowest BCUT2D eigenvalue weighted by atomic mass is 9.91. The summed E-state index contributed by atoms with van der Waals surface area (Å²) in [5.74, 6) is 0.654. The molecule has 0 fully saturated rings. The van der Waals surface area contributed by atoms with Crippen molar-refractivity contribution >= 4 is 0 Å². The Morgan fingerprint density at radius 1 is 1.10 bits per heavy atom. The summed E-state index contributed by atoms with van der Waals surface area (Å²) in [5.41, 5.74) is 0. The number of nitrogens with one attached hydrogen (secondary N) is 1. The third kappa shape index (κ3) is 11.5. The van der Waals surface area contributed by atoms with Gasteiger partial charge in [0.15, 0.2) is 0 Å². The molecule has 2 unspecified atom stereocenters. The van der Waals surface area contributed by atoms with E-state index < -0.39 is 12.8 Å².